The number of nitrogens with two attached hydrogens (primary N) is 1. The van der Waals surface area contributed by atoms with Crippen molar-refractivity contribution >= 4 is 0 Å². The highest BCUT2D eigenvalue weighted by atomic mass is 16.5. The van der Waals surface area contributed by atoms with Crippen LogP contribution in [0.4, 0.5) is 0 Å². The number of ether oxygens (including phenoxy) is 1. The monoisotopic (exact) mass is 198 g/mol. The van der Waals surface area contributed by atoms with Gasteiger partial charge in [-0.15, -0.1) is 0 Å². The van der Waals surface area contributed by atoms with E-state index >= 15 is 0 Å². The molecule has 0 spiro atoms. The molecule has 1 heterocycles. The van der Waals surface area contributed by atoms with Crippen LogP contribution in [-0.4, -0.2) is 35.0 Å². The minimum Gasteiger partial charge on any atom is -0.481 e. The van der Waals surface area contributed by atoms with Crippen molar-refractivity contribution in [3.8, 4) is 5.88 Å². The lowest BCUT2D eigenvalue weighted by molar-refractivity contribution is 0.0241. The second-order valence-corrected chi connectivity index (χ2v) is 2.88. The molecule has 5 nitrogen and oxygen atoms in total. The van der Waals surface area contributed by atoms with Gasteiger partial charge in [-0.1, -0.05) is 0 Å². The first-order valence-corrected chi connectivity index (χ1v) is 4.25. The number of hydrogen-bond acceptors (Lipinski definition) is 5. The van der Waals surface area contributed by atoms with Gasteiger partial charge in [0.1, 0.15) is 6.10 Å². The highest BCUT2D eigenvalue weighted by Gasteiger charge is 2.16. The van der Waals surface area contributed by atoms with Crippen LogP contribution in [0.15, 0.2) is 18.3 Å². The maximum atomic E-state index is 9.54. The van der Waals surface area contributed by atoms with Crippen molar-refractivity contribution < 1.29 is 14.9 Å². The van der Waals surface area contributed by atoms with E-state index in [1.165, 1.54) is 13.3 Å². The first-order valence-electron chi connectivity index (χ1n) is 4.25. The molecule has 0 saturated carbocycles. The maximum Gasteiger partial charge on any atom is 0.212 e. The van der Waals surface area contributed by atoms with Crippen molar-refractivity contribution in [1.29, 1.82) is 0 Å². The van der Waals surface area contributed by atoms with Crippen LogP contribution >= 0.6 is 0 Å². The molecular formula is C9H14N2O3. The van der Waals surface area contributed by atoms with E-state index in [4.69, 9.17) is 10.5 Å². The summed E-state index contributed by atoms with van der Waals surface area (Å²) in [6, 6.07) is 3.25. The number of pyridine rings is 1. The number of hydrogen-bond donors (Lipinski definition) is 3. The third-order valence-corrected chi connectivity index (χ3v) is 1.92. The number of rotatable bonds is 4. The summed E-state index contributed by atoms with van der Waals surface area (Å²) in [4.78, 5) is 3.90. The van der Waals surface area contributed by atoms with E-state index in [0.29, 0.717) is 11.4 Å². The Hall–Kier alpha value is -1.17. The summed E-state index contributed by atoms with van der Waals surface area (Å²) < 4.78 is 4.86. The van der Waals surface area contributed by atoms with Crippen molar-refractivity contribution in [2.75, 3.05) is 13.7 Å². The molecule has 0 aromatic carbocycles. The average Bonchev–Trinajstić information content (AvgIpc) is 2.27. The molecule has 1 rings (SSSR count). The van der Waals surface area contributed by atoms with Gasteiger partial charge in [0.15, 0.2) is 0 Å². The molecule has 0 aliphatic heterocycles. The fourth-order valence-corrected chi connectivity index (χ4v) is 1.04. The molecule has 4 N–H and O–H groups in total. The first-order chi connectivity index (χ1) is 6.69. The van der Waals surface area contributed by atoms with Gasteiger partial charge in [0.25, 0.3) is 0 Å². The minimum atomic E-state index is -1.00. The van der Waals surface area contributed by atoms with Gasteiger partial charge < -0.3 is 20.7 Å². The summed E-state index contributed by atoms with van der Waals surface area (Å²) in [6.45, 7) is 0.00714. The van der Waals surface area contributed by atoms with Gasteiger partial charge in [-0.25, -0.2) is 4.98 Å². The Morgan fingerprint density at radius 2 is 2.21 bits per heavy atom. The van der Waals surface area contributed by atoms with Crippen molar-refractivity contribution in [1.82, 2.24) is 4.98 Å². The fraction of sp³-hybridized carbons (Fsp3) is 0.444. The Morgan fingerprint density at radius 1 is 1.50 bits per heavy atom. The highest BCUT2D eigenvalue weighted by Crippen LogP contribution is 2.17. The van der Waals surface area contributed by atoms with Crippen LogP contribution < -0.4 is 10.5 Å². The van der Waals surface area contributed by atoms with Crippen molar-refractivity contribution in [3.05, 3.63) is 23.9 Å². The molecule has 0 bridgehead atoms. The van der Waals surface area contributed by atoms with E-state index in [2.05, 4.69) is 4.98 Å². The Bertz CT molecular complexity index is 276. The summed E-state index contributed by atoms with van der Waals surface area (Å²) in [7, 11) is 1.51. The number of nitrogens with zero attached hydrogens (tertiary/aromatic N) is 1. The quantitative estimate of drug-likeness (QED) is 0.603. The molecule has 0 amide bonds. The van der Waals surface area contributed by atoms with Gasteiger partial charge in [0.05, 0.1) is 13.2 Å². The molecule has 5 heteroatoms. The summed E-state index contributed by atoms with van der Waals surface area (Å²) in [5.74, 6) is 0.461. The van der Waals surface area contributed by atoms with Crippen molar-refractivity contribution in [2.24, 2.45) is 5.73 Å². The van der Waals surface area contributed by atoms with E-state index in [-0.39, 0.29) is 6.54 Å². The lowest BCUT2D eigenvalue weighted by Gasteiger charge is -2.15. The number of aromatic nitrogens is 1. The lowest BCUT2D eigenvalue weighted by Crippen LogP contribution is -2.27. The Labute approximate surface area is 82.2 Å². The standard InChI is InChI=1S/C9H14N2O3/c1-14-8-3-2-6(5-11-8)9(13)7(12)4-10/h2-3,5,7,9,12-13H,4,10H2,1H3. The third-order valence-electron chi connectivity index (χ3n) is 1.92. The Kier molecular flexibility index (Phi) is 3.82. The van der Waals surface area contributed by atoms with E-state index in [1.807, 2.05) is 0 Å². The third kappa shape index (κ3) is 2.41. The van der Waals surface area contributed by atoms with Crippen LogP contribution in [0, 0.1) is 0 Å². The largest absolute Gasteiger partial charge is 0.481 e. The Balaban J connectivity index is 2.75. The van der Waals surface area contributed by atoms with Crippen molar-refractivity contribution in [3.63, 3.8) is 0 Å². The molecule has 14 heavy (non-hydrogen) atoms. The molecule has 0 saturated heterocycles. The molecule has 1 aromatic heterocycles. The Morgan fingerprint density at radius 3 is 2.64 bits per heavy atom. The van der Waals surface area contributed by atoms with Gasteiger partial charge in [-0.05, 0) is 6.07 Å². The van der Waals surface area contributed by atoms with Gasteiger partial charge in [-0.3, -0.25) is 0 Å². The molecule has 2 unspecified atom stereocenters. The topological polar surface area (TPSA) is 88.6 Å². The molecule has 0 radical (unpaired) electrons. The van der Waals surface area contributed by atoms with Crippen LogP contribution in [0.3, 0.4) is 0 Å². The van der Waals surface area contributed by atoms with Gasteiger partial charge >= 0.3 is 0 Å². The summed E-state index contributed by atoms with van der Waals surface area (Å²) in [5, 5.41) is 18.8. The van der Waals surface area contributed by atoms with Crippen molar-refractivity contribution in [2.45, 2.75) is 12.2 Å². The minimum absolute atomic E-state index is 0.00714. The number of aliphatic hydroxyl groups excluding tert-OH is 2. The molecule has 1 aromatic rings. The van der Waals surface area contributed by atoms with E-state index in [1.54, 1.807) is 12.1 Å². The SMILES string of the molecule is COc1ccc(C(O)C(O)CN)cn1. The van der Waals surface area contributed by atoms with Gasteiger partial charge in [0.2, 0.25) is 5.88 Å². The second-order valence-electron chi connectivity index (χ2n) is 2.88. The highest BCUT2D eigenvalue weighted by molar-refractivity contribution is 5.20. The molecule has 0 aliphatic rings. The second kappa shape index (κ2) is 4.90. The summed E-state index contributed by atoms with van der Waals surface area (Å²) >= 11 is 0. The maximum absolute atomic E-state index is 9.54. The molecule has 2 atom stereocenters. The molecule has 0 fully saturated rings. The molecular weight excluding hydrogens is 184 g/mol. The van der Waals surface area contributed by atoms with Crippen LogP contribution in [0.1, 0.15) is 11.7 Å². The fourth-order valence-electron chi connectivity index (χ4n) is 1.04. The first kappa shape index (κ1) is 10.9. The number of methoxy groups -OCH3 is 1. The smallest absolute Gasteiger partial charge is 0.212 e. The van der Waals surface area contributed by atoms with Crippen LogP contribution in [0.5, 0.6) is 5.88 Å². The zero-order valence-electron chi connectivity index (χ0n) is 7.92. The normalized spacial score (nSPS) is 14.9. The summed E-state index contributed by atoms with van der Waals surface area (Å²) in [6.07, 6.45) is -0.522. The van der Waals surface area contributed by atoms with Crippen LogP contribution in [0.2, 0.25) is 0 Å². The summed E-state index contributed by atoms with van der Waals surface area (Å²) in [5.41, 5.74) is 5.73. The average molecular weight is 198 g/mol. The van der Waals surface area contributed by atoms with E-state index in [9.17, 15) is 10.2 Å². The van der Waals surface area contributed by atoms with Crippen LogP contribution in [0.25, 0.3) is 0 Å². The van der Waals surface area contributed by atoms with Gasteiger partial charge in [-0.2, -0.15) is 0 Å². The number of aliphatic hydroxyl groups is 2. The predicted molar refractivity (Wildman–Crippen MR) is 50.8 cm³/mol. The zero-order chi connectivity index (χ0) is 10.6. The molecule has 78 valence electrons. The van der Waals surface area contributed by atoms with E-state index in [0.717, 1.165) is 0 Å². The predicted octanol–water partition coefficient (Wildman–Crippen LogP) is -0.557. The van der Waals surface area contributed by atoms with Crippen LogP contribution in [-0.2, 0) is 0 Å². The van der Waals surface area contributed by atoms with Gasteiger partial charge in [0, 0.05) is 24.4 Å². The lowest BCUT2D eigenvalue weighted by atomic mass is 10.1. The molecule has 0 aliphatic carbocycles. The zero-order valence-corrected chi connectivity index (χ0v) is 7.92. The van der Waals surface area contributed by atoms with E-state index < -0.39 is 12.2 Å².